The number of anilines is 2. The minimum atomic E-state index is -0.619. The highest BCUT2D eigenvalue weighted by Crippen LogP contribution is 2.34. The van der Waals surface area contributed by atoms with Crippen molar-refractivity contribution in [2.75, 3.05) is 16.8 Å². The second kappa shape index (κ2) is 7.25. The number of carbonyl (C=O) groups excluding carboxylic acids is 2. The smallest absolute Gasteiger partial charge is 0.268 e. The molecule has 0 bridgehead atoms. The Morgan fingerprint density at radius 1 is 1.11 bits per heavy atom. The van der Waals surface area contributed by atoms with Crippen molar-refractivity contribution in [3.63, 3.8) is 0 Å². The highest BCUT2D eigenvalue weighted by Gasteiger charge is 2.32. The second-order valence-corrected chi connectivity index (χ2v) is 7.17. The molecule has 136 valence electrons. The van der Waals surface area contributed by atoms with Crippen molar-refractivity contribution >= 4 is 34.5 Å². The SMILES string of the molecule is C[C@@H]1Oc2ccccc2N(CC(=O)Nc2ccccc2-c2cccs2)C1=O. The fraction of sp³-hybridized carbons (Fsp3) is 0.143. The van der Waals surface area contributed by atoms with E-state index in [0.717, 1.165) is 16.1 Å². The lowest BCUT2D eigenvalue weighted by atomic mass is 10.1. The van der Waals surface area contributed by atoms with Crippen molar-refractivity contribution in [3.8, 4) is 16.2 Å². The molecule has 1 N–H and O–H groups in total. The molecule has 0 aliphatic carbocycles. The predicted molar refractivity (Wildman–Crippen MR) is 107 cm³/mol. The molecule has 0 unspecified atom stereocenters. The Kier molecular flexibility index (Phi) is 4.64. The Balaban J connectivity index is 1.57. The number of fused-ring (bicyclic) bond motifs is 1. The number of hydrogen-bond donors (Lipinski definition) is 1. The molecule has 2 heterocycles. The van der Waals surface area contributed by atoms with Gasteiger partial charge in [-0.1, -0.05) is 36.4 Å². The summed E-state index contributed by atoms with van der Waals surface area (Å²) in [7, 11) is 0. The Bertz CT molecular complexity index is 985. The van der Waals surface area contributed by atoms with Gasteiger partial charge in [0.25, 0.3) is 5.91 Å². The van der Waals surface area contributed by atoms with Gasteiger partial charge < -0.3 is 10.1 Å². The number of nitrogens with zero attached hydrogens (tertiary/aromatic N) is 1. The number of benzene rings is 2. The molecule has 2 amide bonds. The van der Waals surface area contributed by atoms with E-state index in [1.54, 1.807) is 30.4 Å². The van der Waals surface area contributed by atoms with Crippen LogP contribution < -0.4 is 15.0 Å². The van der Waals surface area contributed by atoms with Crippen molar-refractivity contribution in [3.05, 3.63) is 66.0 Å². The van der Waals surface area contributed by atoms with Gasteiger partial charge >= 0.3 is 0 Å². The van der Waals surface area contributed by atoms with Crippen LogP contribution in [0, 0.1) is 0 Å². The largest absolute Gasteiger partial charge is 0.479 e. The van der Waals surface area contributed by atoms with Crippen LogP contribution in [0.2, 0.25) is 0 Å². The number of amides is 2. The first kappa shape index (κ1) is 17.3. The number of thiophene rings is 1. The molecule has 0 radical (unpaired) electrons. The van der Waals surface area contributed by atoms with Crippen LogP contribution in [-0.2, 0) is 9.59 Å². The van der Waals surface area contributed by atoms with Crippen LogP contribution in [0.15, 0.2) is 66.0 Å². The van der Waals surface area contributed by atoms with E-state index in [4.69, 9.17) is 4.74 Å². The first-order valence-corrected chi connectivity index (χ1v) is 9.51. The average molecular weight is 378 g/mol. The van der Waals surface area contributed by atoms with Gasteiger partial charge in [-0.05, 0) is 36.6 Å². The van der Waals surface area contributed by atoms with Crippen LogP contribution >= 0.6 is 11.3 Å². The molecule has 0 fully saturated rings. The summed E-state index contributed by atoms with van der Waals surface area (Å²) in [6.07, 6.45) is -0.619. The third-order valence-electron chi connectivity index (χ3n) is 4.36. The van der Waals surface area contributed by atoms with E-state index < -0.39 is 6.10 Å². The van der Waals surface area contributed by atoms with Crippen LogP contribution in [0.1, 0.15) is 6.92 Å². The monoisotopic (exact) mass is 378 g/mol. The molecule has 6 heteroatoms. The van der Waals surface area contributed by atoms with E-state index in [2.05, 4.69) is 5.32 Å². The third-order valence-corrected chi connectivity index (χ3v) is 5.27. The van der Waals surface area contributed by atoms with Gasteiger partial charge in [0.15, 0.2) is 6.10 Å². The molecule has 0 saturated heterocycles. The molecule has 1 atom stereocenters. The molecule has 0 spiro atoms. The minimum Gasteiger partial charge on any atom is -0.479 e. The maximum absolute atomic E-state index is 12.7. The second-order valence-electron chi connectivity index (χ2n) is 6.22. The van der Waals surface area contributed by atoms with Crippen LogP contribution in [-0.4, -0.2) is 24.5 Å². The third kappa shape index (κ3) is 3.44. The zero-order valence-electron chi connectivity index (χ0n) is 14.7. The van der Waals surface area contributed by atoms with E-state index in [-0.39, 0.29) is 18.4 Å². The summed E-state index contributed by atoms with van der Waals surface area (Å²) in [6.45, 7) is 1.62. The Hall–Kier alpha value is -3.12. The summed E-state index contributed by atoms with van der Waals surface area (Å²) in [6, 6.07) is 18.9. The fourth-order valence-corrected chi connectivity index (χ4v) is 3.86. The number of carbonyl (C=O) groups is 2. The molecule has 4 rings (SSSR count). The Morgan fingerprint density at radius 3 is 2.70 bits per heavy atom. The zero-order chi connectivity index (χ0) is 18.8. The molecule has 3 aromatic rings. The predicted octanol–water partition coefficient (Wildman–Crippen LogP) is 4.17. The summed E-state index contributed by atoms with van der Waals surface area (Å²) in [4.78, 5) is 27.8. The zero-order valence-corrected chi connectivity index (χ0v) is 15.5. The Morgan fingerprint density at radius 2 is 1.89 bits per heavy atom. The number of hydrogen-bond acceptors (Lipinski definition) is 4. The summed E-state index contributed by atoms with van der Waals surface area (Å²) in [5.41, 5.74) is 2.30. The highest BCUT2D eigenvalue weighted by atomic mass is 32.1. The summed E-state index contributed by atoms with van der Waals surface area (Å²) in [5, 5.41) is 4.94. The Labute approximate surface area is 161 Å². The van der Waals surface area contributed by atoms with Crippen molar-refractivity contribution < 1.29 is 14.3 Å². The molecule has 1 aromatic heterocycles. The van der Waals surface area contributed by atoms with Gasteiger partial charge in [0, 0.05) is 16.1 Å². The van der Waals surface area contributed by atoms with Crippen LogP contribution in [0.3, 0.4) is 0 Å². The van der Waals surface area contributed by atoms with E-state index in [0.29, 0.717) is 11.4 Å². The number of nitrogens with one attached hydrogen (secondary N) is 1. The average Bonchev–Trinajstić information content (AvgIpc) is 3.20. The summed E-state index contributed by atoms with van der Waals surface area (Å²) in [5.74, 6) is 0.128. The van der Waals surface area contributed by atoms with Crippen LogP contribution in [0.5, 0.6) is 5.75 Å². The lowest BCUT2D eigenvalue weighted by Crippen LogP contribution is -2.47. The van der Waals surface area contributed by atoms with E-state index in [1.807, 2.05) is 53.9 Å². The highest BCUT2D eigenvalue weighted by molar-refractivity contribution is 7.13. The summed E-state index contributed by atoms with van der Waals surface area (Å²) >= 11 is 1.61. The standard InChI is InChI=1S/C21H18N2O3S/c1-14-21(25)23(17-9-4-5-10-18(17)26-14)13-20(24)22-16-8-3-2-7-15(16)19-11-6-12-27-19/h2-12,14H,13H2,1H3,(H,22,24)/t14-/m0/s1. The van der Waals surface area contributed by atoms with Gasteiger partial charge in [-0.25, -0.2) is 0 Å². The lowest BCUT2D eigenvalue weighted by molar-refractivity contribution is -0.127. The maximum Gasteiger partial charge on any atom is 0.268 e. The molecule has 2 aromatic carbocycles. The van der Waals surface area contributed by atoms with E-state index >= 15 is 0 Å². The van der Waals surface area contributed by atoms with Crippen molar-refractivity contribution in [2.45, 2.75) is 13.0 Å². The van der Waals surface area contributed by atoms with E-state index in [1.165, 1.54) is 4.90 Å². The van der Waals surface area contributed by atoms with Crippen molar-refractivity contribution in [1.29, 1.82) is 0 Å². The molecule has 27 heavy (non-hydrogen) atoms. The topological polar surface area (TPSA) is 58.6 Å². The van der Waals surface area contributed by atoms with Crippen LogP contribution in [0.25, 0.3) is 10.4 Å². The molecular formula is C21H18N2O3S. The van der Waals surface area contributed by atoms with Gasteiger partial charge in [-0.15, -0.1) is 11.3 Å². The maximum atomic E-state index is 12.7. The molecule has 1 aliphatic rings. The first-order valence-electron chi connectivity index (χ1n) is 8.63. The fourth-order valence-electron chi connectivity index (χ4n) is 3.09. The first-order chi connectivity index (χ1) is 13.1. The normalized spacial score (nSPS) is 15.8. The van der Waals surface area contributed by atoms with Gasteiger partial charge in [-0.2, -0.15) is 0 Å². The molecule has 5 nitrogen and oxygen atoms in total. The molecular weight excluding hydrogens is 360 g/mol. The molecule has 1 aliphatic heterocycles. The van der Waals surface area contributed by atoms with Gasteiger partial charge in [-0.3, -0.25) is 14.5 Å². The number of ether oxygens (including phenoxy) is 1. The lowest BCUT2D eigenvalue weighted by Gasteiger charge is -2.32. The minimum absolute atomic E-state index is 0.0671. The van der Waals surface area contributed by atoms with Gasteiger partial charge in [0.1, 0.15) is 12.3 Å². The quantitative estimate of drug-likeness (QED) is 0.741. The van der Waals surface area contributed by atoms with Crippen LogP contribution in [0.4, 0.5) is 11.4 Å². The van der Waals surface area contributed by atoms with Crippen molar-refractivity contribution in [1.82, 2.24) is 0 Å². The summed E-state index contributed by atoms with van der Waals surface area (Å²) < 4.78 is 5.62. The van der Waals surface area contributed by atoms with Crippen molar-refractivity contribution in [2.24, 2.45) is 0 Å². The number of para-hydroxylation sites is 3. The molecule has 0 saturated carbocycles. The van der Waals surface area contributed by atoms with Gasteiger partial charge in [0.2, 0.25) is 5.91 Å². The van der Waals surface area contributed by atoms with Gasteiger partial charge in [0.05, 0.1) is 5.69 Å². The van der Waals surface area contributed by atoms with E-state index in [9.17, 15) is 9.59 Å². The number of rotatable bonds is 4.